The maximum atomic E-state index is 12.4. The van der Waals surface area contributed by atoms with Gasteiger partial charge in [-0.15, -0.1) is 0 Å². The van der Waals surface area contributed by atoms with Gasteiger partial charge in [-0.2, -0.15) is 0 Å². The molecule has 26 heavy (non-hydrogen) atoms. The summed E-state index contributed by atoms with van der Waals surface area (Å²) in [4.78, 5) is 28.1. The van der Waals surface area contributed by atoms with Gasteiger partial charge in [-0.1, -0.05) is 60.7 Å². The van der Waals surface area contributed by atoms with Gasteiger partial charge in [0.1, 0.15) is 5.54 Å². The number of hydrogen-bond acceptors (Lipinski definition) is 3. The zero-order valence-electron chi connectivity index (χ0n) is 15.3. The zero-order chi connectivity index (χ0) is 18.6. The molecule has 0 spiro atoms. The molecule has 1 heterocycles. The number of imide groups is 1. The average Bonchev–Trinajstić information content (AvgIpc) is 2.82. The Kier molecular flexibility index (Phi) is 5.38. The van der Waals surface area contributed by atoms with Crippen LogP contribution in [0.15, 0.2) is 60.7 Å². The van der Waals surface area contributed by atoms with Crippen LogP contribution in [0.3, 0.4) is 0 Å². The Balaban J connectivity index is 1.69. The van der Waals surface area contributed by atoms with Crippen molar-refractivity contribution >= 4 is 11.9 Å². The molecule has 0 bridgehead atoms. The Morgan fingerprint density at radius 1 is 0.885 bits per heavy atom. The molecule has 0 aromatic heterocycles. The Morgan fingerprint density at radius 3 is 1.81 bits per heavy atom. The first-order valence-electron chi connectivity index (χ1n) is 8.90. The first kappa shape index (κ1) is 18.1. The maximum absolute atomic E-state index is 12.4. The lowest BCUT2D eigenvalue weighted by atomic mass is 10.1. The number of amides is 3. The van der Waals surface area contributed by atoms with E-state index in [1.54, 1.807) is 13.8 Å². The van der Waals surface area contributed by atoms with Crippen molar-refractivity contribution in [1.82, 2.24) is 15.1 Å². The van der Waals surface area contributed by atoms with Crippen LogP contribution in [0, 0.1) is 0 Å². The molecule has 1 saturated heterocycles. The van der Waals surface area contributed by atoms with Crippen molar-refractivity contribution in [3.8, 4) is 0 Å². The average molecular weight is 351 g/mol. The summed E-state index contributed by atoms with van der Waals surface area (Å²) in [6, 6.07) is 20.2. The fourth-order valence-electron chi connectivity index (χ4n) is 3.16. The molecule has 0 saturated carbocycles. The molecule has 1 aliphatic heterocycles. The van der Waals surface area contributed by atoms with Crippen LogP contribution in [0.25, 0.3) is 0 Å². The fraction of sp³-hybridized carbons (Fsp3) is 0.333. The van der Waals surface area contributed by atoms with E-state index in [-0.39, 0.29) is 11.9 Å². The second kappa shape index (κ2) is 7.70. The van der Waals surface area contributed by atoms with E-state index in [1.807, 2.05) is 36.4 Å². The van der Waals surface area contributed by atoms with Crippen LogP contribution in [0.5, 0.6) is 0 Å². The van der Waals surface area contributed by atoms with Crippen LogP contribution in [-0.4, -0.2) is 40.4 Å². The monoisotopic (exact) mass is 351 g/mol. The Bertz CT molecular complexity index is 718. The third kappa shape index (κ3) is 4.29. The number of carbonyl (C=O) groups excluding carboxylic acids is 2. The number of carbonyl (C=O) groups is 2. The first-order chi connectivity index (χ1) is 12.5. The molecule has 1 fully saturated rings. The van der Waals surface area contributed by atoms with Crippen LogP contribution >= 0.6 is 0 Å². The standard InChI is InChI=1S/C21H25N3O2/c1-21(2)19(25)24(20(26)22-21)14-13-23(15-17-9-5-3-6-10-17)16-18-11-7-4-8-12-18/h3-12H,13-16H2,1-2H3,(H,22,26). The molecule has 3 rings (SSSR count). The highest BCUT2D eigenvalue weighted by Crippen LogP contribution is 2.17. The van der Waals surface area contributed by atoms with Gasteiger partial charge in [-0.3, -0.25) is 14.6 Å². The summed E-state index contributed by atoms with van der Waals surface area (Å²) >= 11 is 0. The summed E-state index contributed by atoms with van der Waals surface area (Å²) in [5.41, 5.74) is 1.60. The van der Waals surface area contributed by atoms with E-state index >= 15 is 0 Å². The van der Waals surface area contributed by atoms with Crippen molar-refractivity contribution in [2.24, 2.45) is 0 Å². The van der Waals surface area contributed by atoms with Gasteiger partial charge in [0.05, 0.1) is 0 Å². The van der Waals surface area contributed by atoms with Gasteiger partial charge < -0.3 is 5.32 Å². The highest BCUT2D eigenvalue weighted by Gasteiger charge is 2.43. The molecule has 0 aliphatic carbocycles. The molecule has 1 N–H and O–H groups in total. The lowest BCUT2D eigenvalue weighted by Gasteiger charge is -2.25. The molecule has 5 heteroatoms. The van der Waals surface area contributed by atoms with E-state index in [1.165, 1.54) is 16.0 Å². The van der Waals surface area contributed by atoms with Crippen molar-refractivity contribution < 1.29 is 9.59 Å². The molecule has 2 aromatic rings. The van der Waals surface area contributed by atoms with E-state index in [4.69, 9.17) is 0 Å². The van der Waals surface area contributed by atoms with E-state index in [0.29, 0.717) is 13.1 Å². The van der Waals surface area contributed by atoms with Gasteiger partial charge in [0.25, 0.3) is 5.91 Å². The largest absolute Gasteiger partial charge is 0.325 e. The number of urea groups is 1. The van der Waals surface area contributed by atoms with Crippen molar-refractivity contribution in [2.75, 3.05) is 13.1 Å². The molecule has 5 nitrogen and oxygen atoms in total. The molecule has 136 valence electrons. The minimum Gasteiger partial charge on any atom is -0.324 e. The second-order valence-electron chi connectivity index (χ2n) is 7.19. The summed E-state index contributed by atoms with van der Waals surface area (Å²) < 4.78 is 0. The van der Waals surface area contributed by atoms with Gasteiger partial charge in [-0.05, 0) is 25.0 Å². The molecular weight excluding hydrogens is 326 g/mol. The molecular formula is C21H25N3O2. The number of nitrogens with zero attached hydrogens (tertiary/aromatic N) is 2. The van der Waals surface area contributed by atoms with Crippen LogP contribution in [0.4, 0.5) is 4.79 Å². The summed E-state index contributed by atoms with van der Waals surface area (Å²) in [6.45, 7) is 6.01. The van der Waals surface area contributed by atoms with Crippen LogP contribution < -0.4 is 5.32 Å². The fourth-order valence-corrected chi connectivity index (χ4v) is 3.16. The Labute approximate surface area is 154 Å². The molecule has 2 aromatic carbocycles. The van der Waals surface area contributed by atoms with Crippen molar-refractivity contribution in [3.63, 3.8) is 0 Å². The first-order valence-corrected chi connectivity index (χ1v) is 8.90. The number of nitrogens with one attached hydrogen (secondary N) is 1. The third-order valence-corrected chi connectivity index (χ3v) is 4.58. The summed E-state index contributed by atoms with van der Waals surface area (Å²) in [5, 5.41) is 2.74. The highest BCUT2D eigenvalue weighted by atomic mass is 16.2. The van der Waals surface area contributed by atoms with Crippen LogP contribution in [0.1, 0.15) is 25.0 Å². The predicted octanol–water partition coefficient (Wildman–Crippen LogP) is 3.02. The molecule has 0 radical (unpaired) electrons. The minimum atomic E-state index is -0.819. The van der Waals surface area contributed by atoms with E-state index in [9.17, 15) is 9.59 Å². The summed E-state index contributed by atoms with van der Waals surface area (Å²) in [6.07, 6.45) is 0. The molecule has 0 unspecified atom stereocenters. The van der Waals surface area contributed by atoms with Gasteiger partial charge in [-0.25, -0.2) is 4.79 Å². The quantitative estimate of drug-likeness (QED) is 0.780. The molecule has 1 aliphatic rings. The van der Waals surface area contributed by atoms with Crippen molar-refractivity contribution in [1.29, 1.82) is 0 Å². The minimum absolute atomic E-state index is 0.165. The highest BCUT2D eigenvalue weighted by molar-refractivity contribution is 6.06. The smallest absolute Gasteiger partial charge is 0.324 e. The zero-order valence-corrected chi connectivity index (χ0v) is 15.3. The SMILES string of the molecule is CC1(C)NC(=O)N(CCN(Cc2ccccc2)Cc2ccccc2)C1=O. The van der Waals surface area contributed by atoms with Gasteiger partial charge in [0.15, 0.2) is 0 Å². The predicted molar refractivity (Wildman–Crippen MR) is 101 cm³/mol. The summed E-state index contributed by atoms with van der Waals surface area (Å²) in [7, 11) is 0. The van der Waals surface area contributed by atoms with Crippen LogP contribution in [0.2, 0.25) is 0 Å². The third-order valence-electron chi connectivity index (χ3n) is 4.58. The molecule has 0 atom stereocenters. The van der Waals surface area contributed by atoms with E-state index in [0.717, 1.165) is 13.1 Å². The second-order valence-corrected chi connectivity index (χ2v) is 7.19. The van der Waals surface area contributed by atoms with Crippen LogP contribution in [-0.2, 0) is 17.9 Å². The Morgan fingerprint density at radius 2 is 1.38 bits per heavy atom. The van der Waals surface area contributed by atoms with E-state index < -0.39 is 5.54 Å². The number of hydrogen-bond donors (Lipinski definition) is 1. The lowest BCUT2D eigenvalue weighted by molar-refractivity contribution is -0.130. The topological polar surface area (TPSA) is 52.7 Å². The van der Waals surface area contributed by atoms with E-state index in [2.05, 4.69) is 34.5 Å². The Hall–Kier alpha value is -2.66. The van der Waals surface area contributed by atoms with Gasteiger partial charge in [0, 0.05) is 26.2 Å². The molecule has 3 amide bonds. The lowest BCUT2D eigenvalue weighted by Crippen LogP contribution is -2.41. The number of benzene rings is 2. The van der Waals surface area contributed by atoms with Gasteiger partial charge in [0.2, 0.25) is 0 Å². The van der Waals surface area contributed by atoms with Crippen molar-refractivity contribution in [3.05, 3.63) is 71.8 Å². The maximum Gasteiger partial charge on any atom is 0.325 e. The summed E-state index contributed by atoms with van der Waals surface area (Å²) in [5.74, 6) is -0.165. The number of rotatable bonds is 7. The normalized spacial score (nSPS) is 16.2. The van der Waals surface area contributed by atoms with Gasteiger partial charge >= 0.3 is 6.03 Å². The van der Waals surface area contributed by atoms with Crippen molar-refractivity contribution in [2.45, 2.75) is 32.5 Å².